The first-order valence-corrected chi connectivity index (χ1v) is 19.4. The van der Waals surface area contributed by atoms with Crippen molar-refractivity contribution in [2.24, 2.45) is 0 Å². The summed E-state index contributed by atoms with van der Waals surface area (Å²) in [5.41, 5.74) is -3.16. The van der Waals surface area contributed by atoms with E-state index in [1.807, 2.05) is 10.6 Å². The van der Waals surface area contributed by atoms with Crippen LogP contribution >= 0.6 is 0 Å². The molecule has 0 aliphatic carbocycles. The van der Waals surface area contributed by atoms with E-state index in [2.05, 4.69) is 13.8 Å². The molecule has 0 aliphatic heterocycles. The Morgan fingerprint density at radius 1 is 0.582 bits per heavy atom. The fourth-order valence-electron chi connectivity index (χ4n) is 5.44. The molecule has 0 aromatic carbocycles. The Morgan fingerprint density at radius 3 is 1.27 bits per heavy atom. The van der Waals surface area contributed by atoms with Gasteiger partial charge in [-0.15, -0.1) is 0 Å². The number of aliphatic hydroxyl groups is 1. The van der Waals surface area contributed by atoms with Gasteiger partial charge in [-0.3, -0.25) is 29.6 Å². The molecule has 0 aromatic heterocycles. The first-order chi connectivity index (χ1) is 26.1. The molecule has 5 N–H and O–H groups in total. The molecular formula is C38H61N4O13-3. The van der Waals surface area contributed by atoms with Crippen molar-refractivity contribution in [2.45, 2.75) is 160 Å². The average molecular weight is 782 g/mol. The second-order valence-electron chi connectivity index (χ2n) is 13.7. The first-order valence-electron chi connectivity index (χ1n) is 19.4. The quantitative estimate of drug-likeness (QED) is 0.0260. The molecular weight excluding hydrogens is 720 g/mol. The van der Waals surface area contributed by atoms with Gasteiger partial charge in [-0.2, -0.15) is 0 Å². The predicted molar refractivity (Wildman–Crippen MR) is 193 cm³/mol. The van der Waals surface area contributed by atoms with Crippen LogP contribution in [-0.2, 0) is 33.6 Å². The van der Waals surface area contributed by atoms with Crippen molar-refractivity contribution in [3.8, 4) is 0 Å². The number of carbonyl (C=O) groups excluding carboxylic acids is 7. The fraction of sp³-hybridized carbons (Fsp3) is 0.711. The van der Waals surface area contributed by atoms with Crippen LogP contribution in [0.15, 0.2) is 24.3 Å². The van der Waals surface area contributed by atoms with Gasteiger partial charge < -0.3 is 45.4 Å². The Hall–Kier alpha value is -4.35. The highest BCUT2D eigenvalue weighted by atomic mass is 16.5. The molecule has 0 unspecified atom stereocenters. The van der Waals surface area contributed by atoms with Crippen molar-refractivity contribution in [1.29, 1.82) is 0 Å². The number of amides is 4. The van der Waals surface area contributed by atoms with Crippen molar-refractivity contribution >= 4 is 41.5 Å². The van der Waals surface area contributed by atoms with Crippen LogP contribution in [0.5, 0.6) is 0 Å². The highest BCUT2D eigenvalue weighted by molar-refractivity contribution is 5.93. The minimum atomic E-state index is -3.16. The van der Waals surface area contributed by atoms with E-state index in [1.54, 1.807) is 12.2 Å². The summed E-state index contributed by atoms with van der Waals surface area (Å²) >= 11 is 0. The molecule has 0 aliphatic rings. The fourth-order valence-corrected chi connectivity index (χ4v) is 5.44. The second-order valence-corrected chi connectivity index (χ2v) is 13.7. The van der Waals surface area contributed by atoms with Gasteiger partial charge in [0.2, 0.25) is 11.8 Å². The molecule has 55 heavy (non-hydrogen) atoms. The summed E-state index contributed by atoms with van der Waals surface area (Å²) < 4.78 is 0. The van der Waals surface area contributed by atoms with Gasteiger partial charge in [-0.1, -0.05) is 77.4 Å². The van der Waals surface area contributed by atoms with Crippen molar-refractivity contribution < 1.29 is 64.4 Å². The van der Waals surface area contributed by atoms with Crippen LogP contribution < -0.4 is 26.0 Å². The van der Waals surface area contributed by atoms with Gasteiger partial charge in [0.05, 0.1) is 42.8 Å². The molecule has 0 fully saturated rings. The molecule has 17 nitrogen and oxygen atoms in total. The van der Waals surface area contributed by atoms with Crippen LogP contribution in [0, 0.1) is 0 Å². The van der Waals surface area contributed by atoms with Gasteiger partial charge in [0.15, 0.2) is 0 Å². The molecule has 0 radical (unpaired) electrons. The predicted octanol–water partition coefficient (Wildman–Crippen LogP) is 0.327. The summed E-state index contributed by atoms with van der Waals surface area (Å²) in [6.07, 6.45) is 15.1. The molecule has 0 bridgehead atoms. The number of hydrogen-bond donors (Lipinski definition) is 5. The third-order valence-electron chi connectivity index (χ3n) is 8.73. The van der Waals surface area contributed by atoms with Crippen molar-refractivity contribution in [3.63, 3.8) is 0 Å². The average Bonchev–Trinajstić information content (AvgIpc) is 3.12. The van der Waals surface area contributed by atoms with E-state index >= 15 is 0 Å². The van der Waals surface area contributed by atoms with Crippen LogP contribution in [-0.4, -0.2) is 98.0 Å². The number of carboxylic acids is 3. The summed E-state index contributed by atoms with van der Waals surface area (Å²) in [5.74, 6) is -9.63. The van der Waals surface area contributed by atoms with Gasteiger partial charge in [0.25, 0.3) is 11.8 Å². The molecule has 0 saturated carbocycles. The largest absolute Gasteiger partial charge is 0.548 e. The molecule has 17 heteroatoms. The number of hydroxylamine groups is 4. The summed E-state index contributed by atoms with van der Waals surface area (Å²) in [7, 11) is 0. The van der Waals surface area contributed by atoms with Crippen molar-refractivity contribution in [3.05, 3.63) is 24.3 Å². The number of aliphatic carboxylic acids is 3. The number of nitrogens with zero attached hydrogens (tertiary/aromatic N) is 2. The normalized spacial score (nSPS) is 12.7. The lowest BCUT2D eigenvalue weighted by molar-refractivity contribution is -0.324. The Morgan fingerprint density at radius 2 is 0.945 bits per heavy atom. The Kier molecular flexibility index (Phi) is 27.6. The number of hydrogen-bond acceptors (Lipinski definition) is 13. The lowest BCUT2D eigenvalue weighted by Gasteiger charge is -2.30. The van der Waals surface area contributed by atoms with E-state index in [4.69, 9.17) is 0 Å². The van der Waals surface area contributed by atoms with Crippen LogP contribution in [0.2, 0.25) is 0 Å². The molecule has 0 rings (SSSR count). The minimum Gasteiger partial charge on any atom is -0.548 e. The van der Waals surface area contributed by atoms with E-state index in [0.29, 0.717) is 23.0 Å². The van der Waals surface area contributed by atoms with E-state index in [-0.39, 0.29) is 51.6 Å². The van der Waals surface area contributed by atoms with Gasteiger partial charge >= 0.3 is 0 Å². The monoisotopic (exact) mass is 781 g/mol. The maximum Gasteiger partial charge on any atom is 0.269 e. The van der Waals surface area contributed by atoms with E-state index < -0.39 is 72.1 Å². The minimum absolute atomic E-state index is 0.0745. The highest BCUT2D eigenvalue weighted by Gasteiger charge is 2.36. The summed E-state index contributed by atoms with van der Waals surface area (Å²) in [4.78, 5) is 84.3. The molecule has 2 atom stereocenters. The lowest BCUT2D eigenvalue weighted by atomic mass is 9.94. The number of nitrogens with one attached hydrogen (secondary N) is 2. The third-order valence-corrected chi connectivity index (χ3v) is 8.73. The van der Waals surface area contributed by atoms with Crippen molar-refractivity contribution in [1.82, 2.24) is 20.8 Å². The molecule has 0 heterocycles. The van der Waals surface area contributed by atoms with Gasteiger partial charge in [-0.25, -0.2) is 10.1 Å². The van der Waals surface area contributed by atoms with Crippen LogP contribution in [0.3, 0.4) is 0 Å². The summed E-state index contributed by atoms with van der Waals surface area (Å²) in [6.45, 7) is 3.93. The molecule has 4 amide bonds. The third kappa shape index (κ3) is 24.6. The van der Waals surface area contributed by atoms with Crippen molar-refractivity contribution in [2.75, 3.05) is 13.1 Å². The van der Waals surface area contributed by atoms with Crippen LogP contribution in [0.4, 0.5) is 0 Å². The number of rotatable bonds is 33. The number of carboxylic acid groups (broad SMARTS) is 3. The van der Waals surface area contributed by atoms with Crippen LogP contribution in [0.1, 0.15) is 142 Å². The standard InChI is InChI=1S/C38H64N4O13/c1-3-5-7-9-11-13-15-23-33(45)41(54)25-19-17-21-29(35(47)48)39-31(43)27-38(53,37(51)52)28-32(44)40-30(36(49)50)22-18-20-26-42(55)34(46)24-16-14-12-10-8-6-4-2/h15-16,23-24,29-30,53-55H,3-14,17-22,25-28H2,1-2H3,(H,39,43)(H,40,44)(H,47,48)(H,49,50)(H,51,52)/p-3/b23-15+,24-16+/t29-,30-/m0/s1. The molecule has 0 saturated heterocycles. The number of allylic oxidation sites excluding steroid dienone is 2. The van der Waals surface area contributed by atoms with E-state index in [0.717, 1.165) is 64.2 Å². The number of unbranched alkanes of at least 4 members (excludes halogenated alkanes) is 12. The highest BCUT2D eigenvalue weighted by Crippen LogP contribution is 2.17. The summed E-state index contributed by atoms with van der Waals surface area (Å²) in [5, 5.41) is 70.4. The zero-order valence-corrected chi connectivity index (χ0v) is 32.3. The zero-order valence-electron chi connectivity index (χ0n) is 32.3. The second kappa shape index (κ2) is 29.9. The topological polar surface area (TPSA) is 280 Å². The Balaban J connectivity index is 4.85. The van der Waals surface area contributed by atoms with Gasteiger partial charge in [0.1, 0.15) is 5.60 Å². The maximum atomic E-state index is 12.6. The summed E-state index contributed by atoms with van der Waals surface area (Å²) in [6, 6.07) is -3.32. The zero-order chi connectivity index (χ0) is 41.6. The van der Waals surface area contributed by atoms with Crippen LogP contribution in [0.25, 0.3) is 0 Å². The maximum absolute atomic E-state index is 12.6. The smallest absolute Gasteiger partial charge is 0.269 e. The lowest BCUT2D eigenvalue weighted by Crippen LogP contribution is -2.56. The van der Waals surface area contributed by atoms with Gasteiger partial charge in [-0.05, 0) is 64.2 Å². The molecule has 314 valence electrons. The first kappa shape index (κ1) is 50.6. The van der Waals surface area contributed by atoms with Gasteiger partial charge in [0, 0.05) is 25.2 Å². The van der Waals surface area contributed by atoms with E-state index in [1.165, 1.54) is 12.2 Å². The van der Waals surface area contributed by atoms with E-state index in [9.17, 15) is 64.4 Å². The molecule has 0 spiro atoms. The Bertz CT molecular complexity index is 1170. The Labute approximate surface area is 323 Å². The number of carbonyl (C=O) groups is 7. The molecule has 0 aromatic rings. The SMILES string of the molecule is CCCCCCC/C=C/C(=O)N(O)CCCC[C@H](NC(=O)CC(O)(CC(=O)N[C@@H](CCCCN(O)C(=O)/C=C/CCCCCCC)C(=O)[O-])C(=O)[O-])C(=O)[O-].